The summed E-state index contributed by atoms with van der Waals surface area (Å²) in [5, 5.41) is 13.1. The molecule has 2 amide bonds. The van der Waals surface area contributed by atoms with Crippen molar-refractivity contribution in [1.29, 1.82) is 0 Å². The number of aliphatic hydroxyl groups excluding tert-OH is 1. The highest BCUT2D eigenvalue weighted by Crippen LogP contribution is 2.37. The Bertz CT molecular complexity index is 1630. The highest BCUT2D eigenvalue weighted by Gasteiger charge is 2.24. The third kappa shape index (κ3) is 6.85. The van der Waals surface area contributed by atoms with E-state index in [2.05, 4.69) is 73.9 Å². The number of rotatable bonds is 8. The van der Waals surface area contributed by atoms with Crippen LogP contribution in [0.2, 0.25) is 0 Å². The Morgan fingerprint density at radius 2 is 1.76 bits per heavy atom. The van der Waals surface area contributed by atoms with Crippen LogP contribution in [0.15, 0.2) is 65.6 Å². The van der Waals surface area contributed by atoms with Gasteiger partial charge in [0.15, 0.2) is 0 Å². The van der Waals surface area contributed by atoms with E-state index in [0.717, 1.165) is 51.7 Å². The topological polar surface area (TPSA) is 98.3 Å². The monoisotopic (exact) mass is 550 g/mol. The number of H-pyrrole nitrogens is 1. The number of aromatic nitrogens is 2. The number of fused-ring (bicyclic) bond motifs is 1. The van der Waals surface area contributed by atoms with Gasteiger partial charge < -0.3 is 15.4 Å². The van der Waals surface area contributed by atoms with Gasteiger partial charge >= 0.3 is 6.03 Å². The minimum Gasteiger partial charge on any atom is -0.384 e. The van der Waals surface area contributed by atoms with E-state index in [9.17, 15) is 9.59 Å². The number of aliphatic hydroxyl groups is 1. The third-order valence-corrected chi connectivity index (χ3v) is 7.05. The van der Waals surface area contributed by atoms with Crippen LogP contribution in [-0.2, 0) is 0 Å². The average molecular weight is 551 g/mol. The van der Waals surface area contributed by atoms with Gasteiger partial charge in [0.25, 0.3) is 5.56 Å². The first-order valence-electron chi connectivity index (χ1n) is 14.2. The number of urea groups is 1. The number of amides is 2. The molecular formula is C34H38N4O3. The summed E-state index contributed by atoms with van der Waals surface area (Å²) < 4.78 is 0. The molecule has 0 radical (unpaired) electrons. The number of nitrogens with one attached hydrogen (secondary N) is 2. The van der Waals surface area contributed by atoms with Gasteiger partial charge in [-0.05, 0) is 83.0 Å². The largest absolute Gasteiger partial charge is 0.384 e. The molecule has 0 aliphatic carbocycles. The second-order valence-electron chi connectivity index (χ2n) is 10.7. The van der Waals surface area contributed by atoms with Crippen LogP contribution in [0, 0.1) is 11.8 Å². The van der Waals surface area contributed by atoms with Crippen molar-refractivity contribution in [3.05, 3.63) is 87.8 Å². The molecule has 0 saturated carbocycles. The molecule has 0 saturated heterocycles. The lowest BCUT2D eigenvalue weighted by molar-refractivity contribution is 0.256. The first-order valence-corrected chi connectivity index (χ1v) is 14.2. The summed E-state index contributed by atoms with van der Waals surface area (Å²) in [6, 6.07) is 17.2. The van der Waals surface area contributed by atoms with Gasteiger partial charge in [-0.15, -0.1) is 0 Å². The fraction of sp³-hybridized carbons (Fsp3) is 0.324. The first kappa shape index (κ1) is 29.6. The minimum atomic E-state index is -0.352. The van der Waals surface area contributed by atoms with Crippen molar-refractivity contribution in [2.45, 2.75) is 59.3 Å². The van der Waals surface area contributed by atoms with E-state index >= 15 is 0 Å². The number of hydrogen-bond acceptors (Lipinski definition) is 4. The molecule has 2 heterocycles. The predicted octanol–water partition coefficient (Wildman–Crippen LogP) is 7.02. The van der Waals surface area contributed by atoms with E-state index in [0.29, 0.717) is 17.9 Å². The van der Waals surface area contributed by atoms with E-state index < -0.39 is 0 Å². The molecule has 2 aromatic heterocycles. The van der Waals surface area contributed by atoms with E-state index in [1.165, 1.54) is 0 Å². The lowest BCUT2D eigenvalue weighted by Gasteiger charge is -2.27. The summed E-state index contributed by atoms with van der Waals surface area (Å²) in [6.45, 7) is 10.7. The number of carbonyl (C=O) groups is 1. The van der Waals surface area contributed by atoms with Gasteiger partial charge in [0.2, 0.25) is 0 Å². The second kappa shape index (κ2) is 13.3. The van der Waals surface area contributed by atoms with Crippen LogP contribution >= 0.6 is 0 Å². The standard InChI is InChI=1S/C34H38N4O3/c1-6-7-16-38(30-21-26-14-9-15-35-32(26)37-33(30)40)34(41)36-31-28(22(2)3)19-27(20-29(31)23(4)5)25-13-8-11-24(18-25)12-10-17-39/h8-9,11,13-15,18-23,39H,6-7,16-17H2,1-5H3,(H,36,41)(H,35,37,40). The fourth-order valence-corrected chi connectivity index (χ4v) is 4.87. The Hall–Kier alpha value is -4.41. The average Bonchev–Trinajstić information content (AvgIpc) is 2.96. The molecule has 4 aromatic rings. The summed E-state index contributed by atoms with van der Waals surface area (Å²) in [4.78, 5) is 35.7. The number of benzene rings is 2. The van der Waals surface area contributed by atoms with Gasteiger partial charge in [-0.1, -0.05) is 65.0 Å². The molecule has 41 heavy (non-hydrogen) atoms. The van der Waals surface area contributed by atoms with Crippen molar-refractivity contribution >= 4 is 28.4 Å². The van der Waals surface area contributed by atoms with Gasteiger partial charge in [-0.2, -0.15) is 0 Å². The van der Waals surface area contributed by atoms with Crippen LogP contribution in [0.5, 0.6) is 0 Å². The molecule has 0 aliphatic rings. The normalized spacial score (nSPS) is 11.0. The summed E-state index contributed by atoms with van der Waals surface area (Å²) in [7, 11) is 0. The van der Waals surface area contributed by atoms with Crippen LogP contribution in [0.3, 0.4) is 0 Å². The van der Waals surface area contributed by atoms with Crippen molar-refractivity contribution in [2.75, 3.05) is 23.4 Å². The van der Waals surface area contributed by atoms with Gasteiger partial charge in [0.1, 0.15) is 17.9 Å². The molecule has 0 atom stereocenters. The minimum absolute atomic E-state index is 0.124. The number of unbranched alkanes of at least 4 members (excludes halogenated alkanes) is 1. The van der Waals surface area contributed by atoms with Gasteiger partial charge in [0, 0.05) is 29.4 Å². The van der Waals surface area contributed by atoms with Crippen LogP contribution < -0.4 is 15.8 Å². The smallest absolute Gasteiger partial charge is 0.326 e. The maximum absolute atomic E-state index is 14.0. The summed E-state index contributed by atoms with van der Waals surface area (Å²) >= 11 is 0. The molecule has 0 fully saturated rings. The van der Waals surface area contributed by atoms with Crippen molar-refractivity contribution in [3.63, 3.8) is 0 Å². The maximum Gasteiger partial charge on any atom is 0.326 e. The quantitative estimate of drug-likeness (QED) is 0.205. The second-order valence-corrected chi connectivity index (χ2v) is 10.7. The van der Waals surface area contributed by atoms with Gasteiger partial charge in [-0.25, -0.2) is 9.78 Å². The molecule has 0 unspecified atom stereocenters. The molecule has 7 nitrogen and oxygen atoms in total. The van der Waals surface area contributed by atoms with E-state index in [-0.39, 0.29) is 30.0 Å². The Morgan fingerprint density at radius 3 is 2.41 bits per heavy atom. The van der Waals surface area contributed by atoms with E-state index in [1.807, 2.05) is 30.3 Å². The molecule has 212 valence electrons. The van der Waals surface area contributed by atoms with Crippen molar-refractivity contribution < 1.29 is 9.90 Å². The van der Waals surface area contributed by atoms with Gasteiger partial charge in [-0.3, -0.25) is 9.69 Å². The van der Waals surface area contributed by atoms with Gasteiger partial charge in [0.05, 0.1) is 0 Å². The third-order valence-electron chi connectivity index (χ3n) is 7.05. The molecule has 0 spiro atoms. The summed E-state index contributed by atoms with van der Waals surface area (Å²) in [5.41, 5.74) is 6.11. The number of anilines is 2. The molecule has 7 heteroatoms. The molecule has 0 bridgehead atoms. The van der Waals surface area contributed by atoms with E-state index in [4.69, 9.17) is 5.11 Å². The Balaban J connectivity index is 1.79. The zero-order chi connectivity index (χ0) is 29.5. The van der Waals surface area contributed by atoms with Crippen molar-refractivity contribution in [1.82, 2.24) is 9.97 Å². The summed E-state index contributed by atoms with van der Waals surface area (Å²) in [5.74, 6) is 5.94. The molecular weight excluding hydrogens is 512 g/mol. The van der Waals surface area contributed by atoms with Crippen LogP contribution in [-0.4, -0.2) is 34.3 Å². The lowest BCUT2D eigenvalue weighted by Crippen LogP contribution is -2.39. The number of nitrogens with zero attached hydrogens (tertiary/aromatic N) is 2. The molecule has 3 N–H and O–H groups in total. The Kier molecular flexibility index (Phi) is 9.59. The van der Waals surface area contributed by atoms with Crippen LogP contribution in [0.4, 0.5) is 16.2 Å². The van der Waals surface area contributed by atoms with Crippen molar-refractivity contribution in [3.8, 4) is 23.0 Å². The molecule has 0 aliphatic heterocycles. The number of pyridine rings is 2. The van der Waals surface area contributed by atoms with Crippen molar-refractivity contribution in [2.24, 2.45) is 0 Å². The molecule has 4 rings (SSSR count). The van der Waals surface area contributed by atoms with Crippen LogP contribution in [0.25, 0.3) is 22.2 Å². The zero-order valence-corrected chi connectivity index (χ0v) is 24.4. The predicted molar refractivity (Wildman–Crippen MR) is 168 cm³/mol. The zero-order valence-electron chi connectivity index (χ0n) is 24.4. The highest BCUT2D eigenvalue weighted by molar-refractivity contribution is 6.03. The SMILES string of the molecule is CCCCN(C(=O)Nc1c(C(C)C)cc(-c2cccc(C#CCO)c2)cc1C(C)C)c1cc2cccnc2[nH]c1=O. The first-order chi connectivity index (χ1) is 19.7. The number of hydrogen-bond donors (Lipinski definition) is 3. The number of carbonyl (C=O) groups excluding carboxylic acids is 1. The maximum atomic E-state index is 14.0. The fourth-order valence-electron chi connectivity index (χ4n) is 4.87. The van der Waals surface area contributed by atoms with E-state index in [1.54, 1.807) is 23.2 Å². The Morgan fingerprint density at radius 1 is 1.02 bits per heavy atom. The number of aromatic amines is 1. The lowest BCUT2D eigenvalue weighted by atomic mass is 9.88. The molecule has 2 aromatic carbocycles. The highest BCUT2D eigenvalue weighted by atomic mass is 16.2. The summed E-state index contributed by atoms with van der Waals surface area (Å²) in [6.07, 6.45) is 3.26. The van der Waals surface area contributed by atoms with Crippen LogP contribution in [0.1, 0.15) is 76.0 Å². The Labute approximate surface area is 241 Å².